The lowest BCUT2D eigenvalue weighted by molar-refractivity contribution is 0.168. The van der Waals surface area contributed by atoms with Gasteiger partial charge in [-0.1, -0.05) is 24.3 Å². The SMILES string of the molecule is CC(NC(=O)NCC(O)c1ccccc1F)c1nnc2ccccn12. The Labute approximate surface area is 143 Å². The van der Waals surface area contributed by atoms with Gasteiger partial charge in [0.05, 0.1) is 12.1 Å². The molecule has 25 heavy (non-hydrogen) atoms. The van der Waals surface area contributed by atoms with E-state index in [9.17, 15) is 14.3 Å². The number of carbonyl (C=O) groups excluding carboxylic acids is 1. The molecule has 3 aromatic rings. The van der Waals surface area contributed by atoms with Crippen molar-refractivity contribution in [3.8, 4) is 0 Å². The zero-order valence-electron chi connectivity index (χ0n) is 13.6. The number of halogens is 1. The third kappa shape index (κ3) is 3.74. The second-order valence-corrected chi connectivity index (χ2v) is 5.60. The number of aromatic nitrogens is 3. The maximum absolute atomic E-state index is 13.6. The quantitative estimate of drug-likeness (QED) is 0.660. The van der Waals surface area contributed by atoms with Crippen molar-refractivity contribution in [2.75, 3.05) is 6.54 Å². The van der Waals surface area contributed by atoms with Gasteiger partial charge in [0.15, 0.2) is 11.5 Å². The zero-order valence-corrected chi connectivity index (χ0v) is 13.6. The largest absolute Gasteiger partial charge is 0.386 e. The van der Waals surface area contributed by atoms with Crippen LogP contribution in [0.5, 0.6) is 0 Å². The number of nitrogens with zero attached hydrogens (tertiary/aromatic N) is 3. The minimum atomic E-state index is -1.13. The average molecular weight is 343 g/mol. The van der Waals surface area contributed by atoms with Crippen molar-refractivity contribution in [2.45, 2.75) is 19.1 Å². The van der Waals surface area contributed by atoms with Crippen molar-refractivity contribution in [3.05, 3.63) is 65.9 Å². The molecule has 0 saturated heterocycles. The number of nitrogens with one attached hydrogen (secondary N) is 2. The summed E-state index contributed by atoms with van der Waals surface area (Å²) in [7, 11) is 0. The van der Waals surface area contributed by atoms with E-state index in [1.54, 1.807) is 17.4 Å². The Hall–Kier alpha value is -3.00. The fourth-order valence-electron chi connectivity index (χ4n) is 2.51. The zero-order chi connectivity index (χ0) is 17.8. The van der Waals surface area contributed by atoms with Gasteiger partial charge in [0.1, 0.15) is 5.82 Å². The molecule has 7 nitrogen and oxygen atoms in total. The van der Waals surface area contributed by atoms with Crippen LogP contribution in [0.15, 0.2) is 48.7 Å². The lowest BCUT2D eigenvalue weighted by Gasteiger charge is -2.16. The summed E-state index contributed by atoms with van der Waals surface area (Å²) >= 11 is 0. The molecule has 2 unspecified atom stereocenters. The molecule has 2 aromatic heterocycles. The molecular weight excluding hydrogens is 325 g/mol. The van der Waals surface area contributed by atoms with E-state index in [2.05, 4.69) is 20.8 Å². The van der Waals surface area contributed by atoms with Crippen LogP contribution in [-0.4, -0.2) is 32.3 Å². The molecule has 0 radical (unpaired) electrons. The van der Waals surface area contributed by atoms with Crippen molar-refractivity contribution < 1.29 is 14.3 Å². The van der Waals surface area contributed by atoms with Crippen molar-refractivity contribution in [3.63, 3.8) is 0 Å². The highest BCUT2D eigenvalue weighted by atomic mass is 19.1. The number of urea groups is 1. The third-order valence-corrected chi connectivity index (χ3v) is 3.80. The summed E-state index contributed by atoms with van der Waals surface area (Å²) in [6.07, 6.45) is 0.680. The van der Waals surface area contributed by atoms with Crippen molar-refractivity contribution in [1.29, 1.82) is 0 Å². The van der Waals surface area contributed by atoms with Gasteiger partial charge in [0.25, 0.3) is 0 Å². The van der Waals surface area contributed by atoms with Crippen molar-refractivity contribution >= 4 is 11.7 Å². The molecular formula is C17H18FN5O2. The molecule has 130 valence electrons. The number of hydrogen-bond donors (Lipinski definition) is 3. The van der Waals surface area contributed by atoms with Crippen LogP contribution in [0.1, 0.15) is 30.5 Å². The van der Waals surface area contributed by atoms with Gasteiger partial charge < -0.3 is 15.7 Å². The van der Waals surface area contributed by atoms with E-state index in [0.717, 1.165) is 0 Å². The molecule has 0 fully saturated rings. The molecule has 0 bridgehead atoms. The number of pyridine rings is 1. The van der Waals surface area contributed by atoms with E-state index in [0.29, 0.717) is 11.5 Å². The van der Waals surface area contributed by atoms with E-state index in [4.69, 9.17) is 0 Å². The molecule has 0 spiro atoms. The van der Waals surface area contributed by atoms with Crippen LogP contribution < -0.4 is 10.6 Å². The third-order valence-electron chi connectivity index (χ3n) is 3.80. The molecule has 0 aliphatic carbocycles. The van der Waals surface area contributed by atoms with Crippen LogP contribution in [0.3, 0.4) is 0 Å². The van der Waals surface area contributed by atoms with Crippen molar-refractivity contribution in [1.82, 2.24) is 25.2 Å². The van der Waals surface area contributed by atoms with Gasteiger partial charge in [-0.15, -0.1) is 10.2 Å². The summed E-state index contributed by atoms with van der Waals surface area (Å²) in [6, 6.07) is 10.5. The highest BCUT2D eigenvalue weighted by Gasteiger charge is 2.17. The Bertz CT molecular complexity index is 882. The first-order chi connectivity index (χ1) is 12.1. The van der Waals surface area contributed by atoms with E-state index in [1.807, 2.05) is 24.4 Å². The lowest BCUT2D eigenvalue weighted by Crippen LogP contribution is -2.39. The monoisotopic (exact) mass is 343 g/mol. The number of carbonyl (C=O) groups is 1. The Morgan fingerprint density at radius 3 is 2.80 bits per heavy atom. The summed E-state index contributed by atoms with van der Waals surface area (Å²) in [5.41, 5.74) is 0.820. The first kappa shape index (κ1) is 16.8. The Morgan fingerprint density at radius 2 is 2.00 bits per heavy atom. The first-order valence-electron chi connectivity index (χ1n) is 7.83. The fourth-order valence-corrected chi connectivity index (χ4v) is 2.51. The molecule has 1 aromatic carbocycles. The number of benzene rings is 1. The maximum Gasteiger partial charge on any atom is 0.315 e. The number of aliphatic hydroxyl groups is 1. The molecule has 3 rings (SSSR count). The van der Waals surface area contributed by atoms with Crippen LogP contribution in [0.4, 0.5) is 9.18 Å². The Kier molecular flexibility index (Phi) is 4.90. The van der Waals surface area contributed by atoms with Crippen LogP contribution in [0.25, 0.3) is 5.65 Å². The van der Waals surface area contributed by atoms with Gasteiger partial charge in [0, 0.05) is 18.3 Å². The fraction of sp³-hybridized carbons (Fsp3) is 0.235. The number of hydrogen-bond acceptors (Lipinski definition) is 4. The van der Waals surface area contributed by atoms with E-state index < -0.39 is 24.0 Å². The van der Waals surface area contributed by atoms with Gasteiger partial charge in [-0.2, -0.15) is 0 Å². The number of fused-ring (bicyclic) bond motifs is 1. The van der Waals surface area contributed by atoms with E-state index in [1.165, 1.54) is 18.2 Å². The summed E-state index contributed by atoms with van der Waals surface area (Å²) in [5, 5.41) is 23.3. The second-order valence-electron chi connectivity index (χ2n) is 5.60. The number of amides is 2. The molecule has 2 amide bonds. The highest BCUT2D eigenvalue weighted by Crippen LogP contribution is 2.16. The molecule has 2 atom stereocenters. The van der Waals surface area contributed by atoms with E-state index in [-0.39, 0.29) is 12.1 Å². The summed E-state index contributed by atoms with van der Waals surface area (Å²) in [6.45, 7) is 1.66. The second kappa shape index (κ2) is 7.27. The van der Waals surface area contributed by atoms with E-state index >= 15 is 0 Å². The van der Waals surface area contributed by atoms with Gasteiger partial charge in [-0.05, 0) is 25.1 Å². The number of aliphatic hydroxyl groups excluding tert-OH is 1. The molecule has 0 saturated carbocycles. The van der Waals surface area contributed by atoms with Crippen LogP contribution in [0, 0.1) is 5.82 Å². The molecule has 0 aliphatic rings. The predicted octanol–water partition coefficient (Wildman–Crippen LogP) is 1.96. The minimum Gasteiger partial charge on any atom is -0.386 e. The summed E-state index contributed by atoms with van der Waals surface area (Å²) in [4.78, 5) is 12.0. The predicted molar refractivity (Wildman–Crippen MR) is 89.3 cm³/mol. The average Bonchev–Trinajstić information content (AvgIpc) is 3.04. The molecule has 2 heterocycles. The van der Waals surface area contributed by atoms with Crippen LogP contribution in [-0.2, 0) is 0 Å². The van der Waals surface area contributed by atoms with Crippen molar-refractivity contribution in [2.24, 2.45) is 0 Å². The lowest BCUT2D eigenvalue weighted by atomic mass is 10.1. The first-order valence-corrected chi connectivity index (χ1v) is 7.83. The Morgan fingerprint density at radius 1 is 1.24 bits per heavy atom. The molecule has 0 aliphatic heterocycles. The molecule has 8 heteroatoms. The topological polar surface area (TPSA) is 91.5 Å². The summed E-state index contributed by atoms with van der Waals surface area (Å²) < 4.78 is 15.4. The van der Waals surface area contributed by atoms with Gasteiger partial charge in [-0.25, -0.2) is 9.18 Å². The Balaban J connectivity index is 1.58. The minimum absolute atomic E-state index is 0.111. The smallest absolute Gasteiger partial charge is 0.315 e. The van der Waals surface area contributed by atoms with Gasteiger partial charge in [0.2, 0.25) is 0 Å². The van der Waals surface area contributed by atoms with Crippen LogP contribution in [0.2, 0.25) is 0 Å². The normalized spacial score (nSPS) is 13.4. The summed E-state index contributed by atoms with van der Waals surface area (Å²) in [5.74, 6) is 0.0703. The van der Waals surface area contributed by atoms with Crippen LogP contribution >= 0.6 is 0 Å². The number of rotatable bonds is 5. The van der Waals surface area contributed by atoms with Gasteiger partial charge in [-0.3, -0.25) is 4.40 Å². The molecule has 3 N–H and O–H groups in total. The maximum atomic E-state index is 13.6. The standard InChI is InChI=1S/C17H18FN5O2/c1-11(16-22-21-15-8-4-5-9-23(15)16)20-17(25)19-10-14(24)12-6-2-3-7-13(12)18/h2-9,11,14,24H,10H2,1H3,(H2,19,20,25). The van der Waals surface area contributed by atoms with Gasteiger partial charge >= 0.3 is 6.03 Å². The highest BCUT2D eigenvalue weighted by molar-refractivity contribution is 5.74.